The molecule has 0 unspecified atom stereocenters. The van der Waals surface area contributed by atoms with Crippen LogP contribution in [0, 0.1) is 5.82 Å². The first-order chi connectivity index (χ1) is 11.0. The molecule has 2 amide bonds. The highest BCUT2D eigenvalue weighted by Gasteiger charge is 2.20. The Labute approximate surface area is 132 Å². The number of hydrogen-bond donors (Lipinski definition) is 2. The summed E-state index contributed by atoms with van der Waals surface area (Å²) in [6, 6.07) is 4.60. The molecule has 2 heterocycles. The zero-order valence-corrected chi connectivity index (χ0v) is 12.7. The number of hydrogen-bond acceptors (Lipinski definition) is 3. The average molecular weight is 316 g/mol. The van der Waals surface area contributed by atoms with Gasteiger partial charge in [0.2, 0.25) is 5.91 Å². The van der Waals surface area contributed by atoms with Crippen LogP contribution in [0.4, 0.5) is 10.1 Å². The standard InChI is InChI=1S/C16H17FN4O2/c1-21-11(5-7-19-21)4-6-18-16(23)12-8-10-2-3-15(22)20-14(10)9-13(12)17/h5,7-9H,2-4,6H2,1H3,(H,18,23)(H,20,22). The molecule has 2 aromatic rings. The predicted octanol–water partition coefficient (Wildman–Crippen LogP) is 1.42. The van der Waals surface area contributed by atoms with E-state index >= 15 is 0 Å². The number of anilines is 1. The van der Waals surface area contributed by atoms with Crippen LogP contribution in [0.25, 0.3) is 0 Å². The van der Waals surface area contributed by atoms with E-state index in [2.05, 4.69) is 15.7 Å². The lowest BCUT2D eigenvalue weighted by molar-refractivity contribution is -0.116. The third-order valence-electron chi connectivity index (χ3n) is 3.92. The number of aryl methyl sites for hydroxylation is 2. The van der Waals surface area contributed by atoms with E-state index in [1.54, 1.807) is 10.9 Å². The summed E-state index contributed by atoms with van der Waals surface area (Å²) in [4.78, 5) is 23.5. The minimum atomic E-state index is -0.635. The molecule has 23 heavy (non-hydrogen) atoms. The molecule has 0 saturated heterocycles. The van der Waals surface area contributed by atoms with E-state index in [4.69, 9.17) is 0 Å². The van der Waals surface area contributed by atoms with Gasteiger partial charge in [-0.1, -0.05) is 0 Å². The van der Waals surface area contributed by atoms with E-state index in [9.17, 15) is 14.0 Å². The Bertz CT molecular complexity index is 769. The summed E-state index contributed by atoms with van der Waals surface area (Å²) in [7, 11) is 1.83. The van der Waals surface area contributed by atoms with Crippen LogP contribution in [0.15, 0.2) is 24.4 Å². The number of fused-ring (bicyclic) bond motifs is 1. The highest BCUT2D eigenvalue weighted by Crippen LogP contribution is 2.25. The number of halogens is 1. The molecule has 120 valence electrons. The van der Waals surface area contributed by atoms with Crippen LogP contribution in [0.5, 0.6) is 0 Å². The minimum Gasteiger partial charge on any atom is -0.352 e. The van der Waals surface area contributed by atoms with Gasteiger partial charge in [-0.25, -0.2) is 4.39 Å². The molecule has 3 rings (SSSR count). The fraction of sp³-hybridized carbons (Fsp3) is 0.312. The number of rotatable bonds is 4. The smallest absolute Gasteiger partial charge is 0.254 e. The Morgan fingerprint density at radius 1 is 1.43 bits per heavy atom. The Hall–Kier alpha value is -2.70. The molecule has 1 aromatic heterocycles. The fourth-order valence-corrected chi connectivity index (χ4v) is 2.62. The van der Waals surface area contributed by atoms with Gasteiger partial charge in [-0.05, 0) is 30.2 Å². The number of amides is 2. The number of nitrogens with one attached hydrogen (secondary N) is 2. The second kappa shape index (κ2) is 6.20. The summed E-state index contributed by atoms with van der Waals surface area (Å²) in [6.07, 6.45) is 3.16. The predicted molar refractivity (Wildman–Crippen MR) is 82.6 cm³/mol. The lowest BCUT2D eigenvalue weighted by Gasteiger charge is -2.18. The van der Waals surface area contributed by atoms with Crippen molar-refractivity contribution in [3.05, 3.63) is 47.0 Å². The van der Waals surface area contributed by atoms with E-state index in [0.717, 1.165) is 11.3 Å². The highest BCUT2D eigenvalue weighted by atomic mass is 19.1. The highest BCUT2D eigenvalue weighted by molar-refractivity contribution is 5.98. The van der Waals surface area contributed by atoms with Gasteiger partial charge in [-0.15, -0.1) is 0 Å². The molecule has 0 atom stereocenters. The van der Waals surface area contributed by atoms with Gasteiger partial charge < -0.3 is 10.6 Å². The minimum absolute atomic E-state index is 0.00454. The number of carbonyl (C=O) groups is 2. The van der Waals surface area contributed by atoms with Crippen LogP contribution in [0.2, 0.25) is 0 Å². The quantitative estimate of drug-likeness (QED) is 0.895. The van der Waals surface area contributed by atoms with Gasteiger partial charge in [-0.3, -0.25) is 14.3 Å². The molecular weight excluding hydrogens is 299 g/mol. The third-order valence-corrected chi connectivity index (χ3v) is 3.92. The van der Waals surface area contributed by atoms with Crippen molar-refractivity contribution < 1.29 is 14.0 Å². The maximum atomic E-state index is 14.1. The number of benzene rings is 1. The van der Waals surface area contributed by atoms with E-state index in [1.165, 1.54) is 12.1 Å². The summed E-state index contributed by atoms with van der Waals surface area (Å²) >= 11 is 0. The van der Waals surface area contributed by atoms with Crippen molar-refractivity contribution in [2.75, 3.05) is 11.9 Å². The normalized spacial score (nSPS) is 13.4. The van der Waals surface area contributed by atoms with Crippen molar-refractivity contribution in [2.24, 2.45) is 7.05 Å². The summed E-state index contributed by atoms with van der Waals surface area (Å²) in [5.74, 6) is -1.22. The maximum Gasteiger partial charge on any atom is 0.254 e. The van der Waals surface area contributed by atoms with Gasteiger partial charge in [-0.2, -0.15) is 5.10 Å². The third kappa shape index (κ3) is 3.23. The van der Waals surface area contributed by atoms with Gasteiger partial charge in [0.25, 0.3) is 5.91 Å². The molecule has 1 aromatic carbocycles. The van der Waals surface area contributed by atoms with Crippen molar-refractivity contribution in [3.8, 4) is 0 Å². The monoisotopic (exact) mass is 316 g/mol. The second-order valence-electron chi connectivity index (χ2n) is 5.49. The molecule has 2 N–H and O–H groups in total. The van der Waals surface area contributed by atoms with Crippen molar-refractivity contribution in [1.82, 2.24) is 15.1 Å². The van der Waals surface area contributed by atoms with Crippen LogP contribution in [0.1, 0.15) is 28.0 Å². The van der Waals surface area contributed by atoms with Crippen molar-refractivity contribution in [1.29, 1.82) is 0 Å². The number of carbonyl (C=O) groups excluding carboxylic acids is 2. The Morgan fingerprint density at radius 3 is 3.00 bits per heavy atom. The fourth-order valence-electron chi connectivity index (χ4n) is 2.62. The molecule has 6 nitrogen and oxygen atoms in total. The maximum absolute atomic E-state index is 14.1. The van der Waals surface area contributed by atoms with Gasteiger partial charge in [0.05, 0.1) is 5.56 Å². The molecular formula is C16H17FN4O2. The molecule has 0 bridgehead atoms. The summed E-state index contributed by atoms with van der Waals surface area (Å²) < 4.78 is 15.8. The molecule has 0 aliphatic carbocycles. The Balaban J connectivity index is 1.67. The average Bonchev–Trinajstić information content (AvgIpc) is 2.91. The van der Waals surface area contributed by atoms with Crippen molar-refractivity contribution in [2.45, 2.75) is 19.3 Å². The van der Waals surface area contributed by atoms with Gasteiger partial charge in [0.1, 0.15) is 5.82 Å². The van der Waals surface area contributed by atoms with Crippen LogP contribution < -0.4 is 10.6 Å². The lowest BCUT2D eigenvalue weighted by Crippen LogP contribution is -2.28. The summed E-state index contributed by atoms with van der Waals surface area (Å²) in [5.41, 5.74) is 2.22. The van der Waals surface area contributed by atoms with Crippen molar-refractivity contribution >= 4 is 17.5 Å². The first-order valence-corrected chi connectivity index (χ1v) is 7.42. The van der Waals surface area contributed by atoms with Crippen molar-refractivity contribution in [3.63, 3.8) is 0 Å². The van der Waals surface area contributed by atoms with E-state index in [0.29, 0.717) is 31.5 Å². The molecule has 0 radical (unpaired) electrons. The van der Waals surface area contributed by atoms with E-state index in [-0.39, 0.29) is 11.5 Å². The van der Waals surface area contributed by atoms with Gasteiger partial charge >= 0.3 is 0 Å². The van der Waals surface area contributed by atoms with Gasteiger partial charge in [0.15, 0.2) is 0 Å². The first-order valence-electron chi connectivity index (χ1n) is 7.42. The van der Waals surface area contributed by atoms with Crippen LogP contribution in [0.3, 0.4) is 0 Å². The summed E-state index contributed by atoms with van der Waals surface area (Å²) in [6.45, 7) is 0.394. The molecule has 0 fully saturated rings. The molecule has 0 saturated carbocycles. The van der Waals surface area contributed by atoms with Crippen LogP contribution >= 0.6 is 0 Å². The molecule has 1 aliphatic heterocycles. The van der Waals surface area contributed by atoms with Gasteiger partial charge in [0, 0.05) is 44.0 Å². The lowest BCUT2D eigenvalue weighted by atomic mass is 9.99. The SMILES string of the molecule is Cn1nccc1CCNC(=O)c1cc2c(cc1F)NC(=O)CC2. The zero-order valence-electron chi connectivity index (χ0n) is 12.7. The first kappa shape index (κ1) is 15.2. The molecule has 0 spiro atoms. The number of nitrogens with zero attached hydrogens (tertiary/aromatic N) is 2. The summed E-state index contributed by atoms with van der Waals surface area (Å²) in [5, 5.41) is 9.38. The Kier molecular flexibility index (Phi) is 4.10. The molecule has 7 heteroatoms. The Morgan fingerprint density at radius 2 is 2.26 bits per heavy atom. The van der Waals surface area contributed by atoms with Crippen LogP contribution in [-0.4, -0.2) is 28.1 Å². The molecule has 1 aliphatic rings. The largest absolute Gasteiger partial charge is 0.352 e. The van der Waals surface area contributed by atoms with E-state index in [1.807, 2.05) is 13.1 Å². The number of aromatic nitrogens is 2. The van der Waals surface area contributed by atoms with E-state index < -0.39 is 11.7 Å². The zero-order chi connectivity index (χ0) is 16.4. The second-order valence-corrected chi connectivity index (χ2v) is 5.49. The topological polar surface area (TPSA) is 76.0 Å². The van der Waals surface area contributed by atoms with Crippen LogP contribution in [-0.2, 0) is 24.7 Å².